The Labute approximate surface area is 205 Å². The average molecular weight is 499 g/mol. The molecule has 8 nitrogen and oxygen atoms in total. The first-order chi connectivity index (χ1) is 17.1. The summed E-state index contributed by atoms with van der Waals surface area (Å²) < 4.78 is 40.7. The third-order valence-electron chi connectivity index (χ3n) is 6.13. The zero-order valence-electron chi connectivity index (χ0n) is 19.4. The van der Waals surface area contributed by atoms with Gasteiger partial charge in [-0.3, -0.25) is 9.59 Å². The molecule has 1 aliphatic rings. The maximum Gasteiger partial charge on any atom is 0.421 e. The van der Waals surface area contributed by atoms with Crippen LogP contribution in [0.15, 0.2) is 60.8 Å². The second-order valence-electron chi connectivity index (χ2n) is 8.55. The number of nitrogens with one attached hydrogen (secondary N) is 2. The number of rotatable bonds is 7. The predicted molar refractivity (Wildman–Crippen MR) is 130 cm³/mol. The average Bonchev–Trinajstić information content (AvgIpc) is 3.32. The molecule has 188 valence electrons. The number of carbonyl (C=O) groups is 2. The van der Waals surface area contributed by atoms with E-state index in [9.17, 15) is 22.8 Å². The van der Waals surface area contributed by atoms with Crippen LogP contribution in [0.1, 0.15) is 35.2 Å². The van der Waals surface area contributed by atoms with E-state index in [0.29, 0.717) is 36.7 Å². The fraction of sp³-hybridized carbons (Fsp3) is 0.280. The lowest BCUT2D eigenvalue weighted by molar-refractivity contribution is -0.137. The van der Waals surface area contributed by atoms with Crippen LogP contribution in [0.4, 0.5) is 36.3 Å². The summed E-state index contributed by atoms with van der Waals surface area (Å²) in [6.07, 6.45) is -2.31. The van der Waals surface area contributed by atoms with Gasteiger partial charge in [-0.1, -0.05) is 24.6 Å². The summed E-state index contributed by atoms with van der Waals surface area (Å²) in [7, 11) is 1.67. The SMILES string of the molecule is CN(C(=O)c1ccc(Nc2ncc(C(F)(F)F)c(N[C@@H]3CCC[C@@H]3C(N)=O)n2)cc1)c1ccccc1. The Hall–Kier alpha value is -4.15. The molecule has 0 aliphatic heterocycles. The Balaban J connectivity index is 1.52. The first-order valence-electron chi connectivity index (χ1n) is 11.3. The number of amides is 2. The van der Waals surface area contributed by atoms with Crippen LogP contribution in [0.2, 0.25) is 0 Å². The van der Waals surface area contributed by atoms with Gasteiger partial charge in [-0.25, -0.2) is 4.98 Å². The second-order valence-corrected chi connectivity index (χ2v) is 8.55. The van der Waals surface area contributed by atoms with Crippen LogP contribution < -0.4 is 21.3 Å². The minimum absolute atomic E-state index is 0.0698. The molecule has 1 saturated carbocycles. The lowest BCUT2D eigenvalue weighted by atomic mass is 10.0. The normalized spacial score (nSPS) is 17.4. The summed E-state index contributed by atoms with van der Waals surface area (Å²) in [5.74, 6) is -1.84. The second kappa shape index (κ2) is 10.2. The van der Waals surface area contributed by atoms with Crippen LogP contribution >= 0.6 is 0 Å². The van der Waals surface area contributed by atoms with Gasteiger partial charge in [-0.2, -0.15) is 18.2 Å². The van der Waals surface area contributed by atoms with E-state index in [1.165, 1.54) is 4.90 Å². The molecule has 4 N–H and O–H groups in total. The zero-order chi connectivity index (χ0) is 25.9. The van der Waals surface area contributed by atoms with Crippen LogP contribution in [-0.4, -0.2) is 34.9 Å². The third-order valence-corrected chi connectivity index (χ3v) is 6.13. The maximum absolute atomic E-state index is 13.6. The lowest BCUT2D eigenvalue weighted by Crippen LogP contribution is -2.35. The van der Waals surface area contributed by atoms with E-state index < -0.39 is 35.4 Å². The van der Waals surface area contributed by atoms with Crippen LogP contribution in [0.25, 0.3) is 0 Å². The molecule has 0 unspecified atom stereocenters. The molecule has 2 atom stereocenters. The van der Waals surface area contributed by atoms with E-state index >= 15 is 0 Å². The van der Waals surface area contributed by atoms with E-state index in [2.05, 4.69) is 20.6 Å². The number of nitrogens with two attached hydrogens (primary N) is 1. The predicted octanol–water partition coefficient (Wildman–Crippen LogP) is 4.58. The van der Waals surface area contributed by atoms with Crippen LogP contribution in [0.3, 0.4) is 0 Å². The highest BCUT2D eigenvalue weighted by Crippen LogP contribution is 2.36. The van der Waals surface area contributed by atoms with Crippen LogP contribution in [0.5, 0.6) is 0 Å². The van der Waals surface area contributed by atoms with E-state index in [4.69, 9.17) is 5.73 Å². The number of nitrogens with zero attached hydrogens (tertiary/aromatic N) is 3. The Morgan fingerprint density at radius 3 is 2.39 bits per heavy atom. The maximum atomic E-state index is 13.6. The molecule has 2 aromatic carbocycles. The molecule has 36 heavy (non-hydrogen) atoms. The highest BCUT2D eigenvalue weighted by molar-refractivity contribution is 6.05. The van der Waals surface area contributed by atoms with Crippen molar-refractivity contribution in [1.29, 1.82) is 0 Å². The van der Waals surface area contributed by atoms with Gasteiger partial charge in [0.15, 0.2) is 0 Å². The van der Waals surface area contributed by atoms with Gasteiger partial charge in [-0.15, -0.1) is 0 Å². The minimum atomic E-state index is -4.69. The zero-order valence-corrected chi connectivity index (χ0v) is 19.4. The van der Waals surface area contributed by atoms with Crippen molar-refractivity contribution in [2.75, 3.05) is 22.6 Å². The Bertz CT molecular complexity index is 1230. The molecule has 2 amide bonds. The molecule has 4 rings (SSSR count). The van der Waals surface area contributed by atoms with Crippen molar-refractivity contribution in [2.24, 2.45) is 11.7 Å². The van der Waals surface area contributed by atoms with E-state index in [0.717, 1.165) is 5.69 Å². The van der Waals surface area contributed by atoms with Gasteiger partial charge < -0.3 is 21.3 Å². The highest BCUT2D eigenvalue weighted by Gasteiger charge is 2.38. The number of anilines is 4. The fourth-order valence-corrected chi connectivity index (χ4v) is 4.20. The Morgan fingerprint density at radius 1 is 1.06 bits per heavy atom. The van der Waals surface area contributed by atoms with Crippen LogP contribution in [-0.2, 0) is 11.0 Å². The number of para-hydroxylation sites is 1. The standard InChI is InChI=1S/C25H25F3N6O2/c1-34(17-6-3-2-4-7-17)23(36)15-10-12-16(13-11-15)31-24-30-14-19(25(26,27)28)22(33-24)32-20-9-5-8-18(20)21(29)35/h2-4,6-7,10-14,18,20H,5,8-9H2,1H3,(H2,29,35)(H2,30,31,32,33)/t18-,20+/m0/s1. The van der Waals surface area contributed by atoms with Gasteiger partial charge in [0.2, 0.25) is 11.9 Å². The van der Waals surface area contributed by atoms with Crippen molar-refractivity contribution in [3.8, 4) is 0 Å². The smallest absolute Gasteiger partial charge is 0.369 e. The Morgan fingerprint density at radius 2 is 1.75 bits per heavy atom. The number of aromatic nitrogens is 2. The van der Waals surface area contributed by atoms with E-state index in [1.807, 2.05) is 30.3 Å². The molecule has 0 bridgehead atoms. The van der Waals surface area contributed by atoms with Crippen LogP contribution in [0, 0.1) is 5.92 Å². The lowest BCUT2D eigenvalue weighted by Gasteiger charge is -2.22. The molecule has 1 heterocycles. The largest absolute Gasteiger partial charge is 0.421 e. The molecular formula is C25H25F3N6O2. The molecule has 0 radical (unpaired) electrons. The van der Waals surface area contributed by atoms with E-state index in [-0.39, 0.29) is 11.9 Å². The molecular weight excluding hydrogens is 473 g/mol. The number of halogens is 3. The summed E-state index contributed by atoms with van der Waals surface area (Å²) in [4.78, 5) is 33.8. The molecule has 3 aromatic rings. The van der Waals surface area contributed by atoms with Gasteiger partial charge in [0.1, 0.15) is 11.4 Å². The molecule has 11 heteroatoms. The summed E-state index contributed by atoms with van der Waals surface area (Å²) in [6, 6.07) is 15.0. The molecule has 0 spiro atoms. The number of carbonyl (C=O) groups excluding carboxylic acids is 2. The molecule has 0 saturated heterocycles. The van der Waals surface area contributed by atoms with Gasteiger partial charge >= 0.3 is 6.18 Å². The van der Waals surface area contributed by atoms with Crippen molar-refractivity contribution in [3.63, 3.8) is 0 Å². The minimum Gasteiger partial charge on any atom is -0.369 e. The van der Waals surface area contributed by atoms with Gasteiger partial charge in [0.25, 0.3) is 5.91 Å². The molecule has 1 aliphatic carbocycles. The quantitative estimate of drug-likeness (QED) is 0.440. The van der Waals surface area contributed by atoms with Crippen molar-refractivity contribution in [1.82, 2.24) is 9.97 Å². The number of hydrogen-bond donors (Lipinski definition) is 3. The number of hydrogen-bond acceptors (Lipinski definition) is 6. The van der Waals surface area contributed by atoms with Crippen molar-refractivity contribution in [2.45, 2.75) is 31.5 Å². The summed E-state index contributed by atoms with van der Waals surface area (Å²) >= 11 is 0. The third kappa shape index (κ3) is 5.56. The van der Waals surface area contributed by atoms with Gasteiger partial charge in [0, 0.05) is 36.2 Å². The number of alkyl halides is 3. The van der Waals surface area contributed by atoms with Crippen molar-refractivity contribution < 1.29 is 22.8 Å². The topological polar surface area (TPSA) is 113 Å². The highest BCUT2D eigenvalue weighted by atomic mass is 19.4. The number of benzene rings is 2. The van der Waals surface area contributed by atoms with Crippen molar-refractivity contribution >= 4 is 35.0 Å². The molecule has 1 aromatic heterocycles. The van der Waals surface area contributed by atoms with Gasteiger partial charge in [0.05, 0.1) is 5.92 Å². The summed E-state index contributed by atoms with van der Waals surface area (Å²) in [6.45, 7) is 0. The molecule has 1 fully saturated rings. The van der Waals surface area contributed by atoms with Gasteiger partial charge in [-0.05, 0) is 49.2 Å². The summed E-state index contributed by atoms with van der Waals surface area (Å²) in [5.41, 5.74) is 6.03. The fourth-order valence-electron chi connectivity index (χ4n) is 4.20. The number of primary amides is 1. The van der Waals surface area contributed by atoms with Crippen molar-refractivity contribution in [3.05, 3.63) is 71.9 Å². The summed E-state index contributed by atoms with van der Waals surface area (Å²) in [5, 5.41) is 5.63. The monoisotopic (exact) mass is 498 g/mol. The first-order valence-corrected chi connectivity index (χ1v) is 11.3. The van der Waals surface area contributed by atoms with E-state index in [1.54, 1.807) is 31.3 Å². The Kier molecular flexibility index (Phi) is 7.09. The first kappa shape index (κ1) is 25.0.